The molecule has 0 saturated carbocycles. The second-order valence-corrected chi connectivity index (χ2v) is 4.17. The standard InChI is InChI=1S/C12H19N5.ClH/c1-4-17-12(10(2)7-14-17)9-13-8-11-5-6-16(3)15-11;/h5-7,13H,4,8-9H2,1-3H3;1H. The van der Waals surface area contributed by atoms with E-state index in [1.165, 1.54) is 11.3 Å². The largest absolute Gasteiger partial charge is 0.305 e. The Balaban J connectivity index is 0.00000162. The predicted octanol–water partition coefficient (Wildman–Crippen LogP) is 1.66. The summed E-state index contributed by atoms with van der Waals surface area (Å²) in [7, 11) is 1.93. The van der Waals surface area contributed by atoms with E-state index in [2.05, 4.69) is 29.4 Å². The fourth-order valence-electron chi connectivity index (χ4n) is 1.87. The van der Waals surface area contributed by atoms with E-state index in [0.717, 1.165) is 25.3 Å². The molecule has 0 saturated heterocycles. The Hall–Kier alpha value is -1.33. The lowest BCUT2D eigenvalue weighted by Crippen LogP contribution is -2.17. The summed E-state index contributed by atoms with van der Waals surface area (Å²) in [6.45, 7) is 6.73. The summed E-state index contributed by atoms with van der Waals surface area (Å²) < 4.78 is 3.85. The first-order chi connectivity index (χ1) is 8.20. The van der Waals surface area contributed by atoms with Crippen molar-refractivity contribution in [3.05, 3.63) is 35.4 Å². The van der Waals surface area contributed by atoms with E-state index in [4.69, 9.17) is 0 Å². The molecule has 2 heterocycles. The van der Waals surface area contributed by atoms with Crippen molar-refractivity contribution in [2.45, 2.75) is 33.5 Å². The summed E-state index contributed by atoms with van der Waals surface area (Å²) in [5, 5.41) is 12.0. The molecule has 0 aliphatic heterocycles. The van der Waals surface area contributed by atoms with Gasteiger partial charge in [0.05, 0.1) is 17.6 Å². The van der Waals surface area contributed by atoms with Gasteiger partial charge in [0.1, 0.15) is 0 Å². The van der Waals surface area contributed by atoms with E-state index in [-0.39, 0.29) is 12.4 Å². The molecular weight excluding hydrogens is 250 g/mol. The lowest BCUT2D eigenvalue weighted by Gasteiger charge is -2.07. The smallest absolute Gasteiger partial charge is 0.0762 e. The van der Waals surface area contributed by atoms with Crippen molar-refractivity contribution >= 4 is 12.4 Å². The molecule has 0 atom stereocenters. The van der Waals surface area contributed by atoms with Crippen LogP contribution in [0.15, 0.2) is 18.5 Å². The van der Waals surface area contributed by atoms with Crippen LogP contribution in [-0.2, 0) is 26.7 Å². The van der Waals surface area contributed by atoms with Crippen molar-refractivity contribution in [2.24, 2.45) is 7.05 Å². The highest BCUT2D eigenvalue weighted by Crippen LogP contribution is 2.06. The molecule has 18 heavy (non-hydrogen) atoms. The summed E-state index contributed by atoms with van der Waals surface area (Å²) in [5.74, 6) is 0. The Labute approximate surface area is 114 Å². The fourth-order valence-corrected chi connectivity index (χ4v) is 1.87. The number of halogens is 1. The molecule has 6 heteroatoms. The Morgan fingerprint density at radius 1 is 1.33 bits per heavy atom. The van der Waals surface area contributed by atoms with Crippen LogP contribution in [-0.4, -0.2) is 19.6 Å². The summed E-state index contributed by atoms with van der Waals surface area (Å²) in [4.78, 5) is 0. The fraction of sp³-hybridized carbons (Fsp3) is 0.500. The van der Waals surface area contributed by atoms with Gasteiger partial charge in [-0.25, -0.2) is 0 Å². The molecule has 0 unspecified atom stereocenters. The summed E-state index contributed by atoms with van der Waals surface area (Å²) in [6, 6.07) is 2.02. The van der Waals surface area contributed by atoms with E-state index in [1.54, 1.807) is 0 Å². The molecular formula is C12H20ClN5. The number of aromatic nitrogens is 4. The van der Waals surface area contributed by atoms with Gasteiger partial charge in [-0.15, -0.1) is 12.4 Å². The van der Waals surface area contributed by atoms with Crippen molar-refractivity contribution in [1.82, 2.24) is 24.9 Å². The third kappa shape index (κ3) is 3.34. The van der Waals surface area contributed by atoms with Gasteiger partial charge in [-0.05, 0) is 25.5 Å². The molecule has 1 N–H and O–H groups in total. The molecule has 0 spiro atoms. The quantitative estimate of drug-likeness (QED) is 0.898. The van der Waals surface area contributed by atoms with Gasteiger partial charge in [0.25, 0.3) is 0 Å². The van der Waals surface area contributed by atoms with Crippen LogP contribution < -0.4 is 5.32 Å². The zero-order valence-corrected chi connectivity index (χ0v) is 11.9. The molecule has 2 rings (SSSR count). The predicted molar refractivity (Wildman–Crippen MR) is 73.6 cm³/mol. The van der Waals surface area contributed by atoms with Crippen LogP contribution >= 0.6 is 12.4 Å². The molecule has 0 aliphatic carbocycles. The Morgan fingerprint density at radius 2 is 2.11 bits per heavy atom. The van der Waals surface area contributed by atoms with Crippen LogP contribution in [0, 0.1) is 6.92 Å². The van der Waals surface area contributed by atoms with E-state index in [9.17, 15) is 0 Å². The third-order valence-electron chi connectivity index (χ3n) is 2.82. The molecule has 0 aromatic carbocycles. The summed E-state index contributed by atoms with van der Waals surface area (Å²) in [6.07, 6.45) is 3.87. The van der Waals surface area contributed by atoms with Gasteiger partial charge in [-0.1, -0.05) is 0 Å². The average molecular weight is 270 g/mol. The molecule has 0 aliphatic rings. The first-order valence-corrected chi connectivity index (χ1v) is 5.91. The van der Waals surface area contributed by atoms with E-state index in [1.807, 2.05) is 34.9 Å². The van der Waals surface area contributed by atoms with Gasteiger partial charge in [0, 0.05) is 32.9 Å². The number of hydrogen-bond donors (Lipinski definition) is 1. The van der Waals surface area contributed by atoms with Gasteiger partial charge in [-0.2, -0.15) is 10.2 Å². The molecule has 0 amide bonds. The lowest BCUT2D eigenvalue weighted by molar-refractivity contribution is 0.573. The minimum absolute atomic E-state index is 0. The first-order valence-electron chi connectivity index (χ1n) is 5.91. The molecule has 100 valence electrons. The Kier molecular flexibility index (Phi) is 5.37. The molecule has 2 aromatic rings. The maximum atomic E-state index is 4.33. The van der Waals surface area contributed by atoms with Crippen molar-refractivity contribution in [2.75, 3.05) is 0 Å². The monoisotopic (exact) mass is 269 g/mol. The number of hydrogen-bond acceptors (Lipinski definition) is 3. The highest BCUT2D eigenvalue weighted by molar-refractivity contribution is 5.85. The summed E-state index contributed by atoms with van der Waals surface area (Å²) >= 11 is 0. The van der Waals surface area contributed by atoms with Crippen molar-refractivity contribution in [3.8, 4) is 0 Å². The maximum absolute atomic E-state index is 4.33. The Bertz CT molecular complexity index is 488. The highest BCUT2D eigenvalue weighted by Gasteiger charge is 2.05. The van der Waals surface area contributed by atoms with Gasteiger partial charge in [0.15, 0.2) is 0 Å². The van der Waals surface area contributed by atoms with Gasteiger partial charge in [0.2, 0.25) is 0 Å². The molecule has 0 bridgehead atoms. The molecule has 0 fully saturated rings. The van der Waals surface area contributed by atoms with E-state index >= 15 is 0 Å². The number of aryl methyl sites for hydroxylation is 3. The minimum Gasteiger partial charge on any atom is -0.305 e. The van der Waals surface area contributed by atoms with Gasteiger partial charge < -0.3 is 5.32 Å². The van der Waals surface area contributed by atoms with Crippen LogP contribution in [0.3, 0.4) is 0 Å². The van der Waals surface area contributed by atoms with E-state index in [0.29, 0.717) is 0 Å². The SMILES string of the molecule is CCn1ncc(C)c1CNCc1ccn(C)n1.Cl. The number of nitrogens with one attached hydrogen (secondary N) is 1. The average Bonchev–Trinajstić information content (AvgIpc) is 2.87. The molecule has 5 nitrogen and oxygen atoms in total. The van der Waals surface area contributed by atoms with Crippen LogP contribution in [0.5, 0.6) is 0 Å². The minimum atomic E-state index is 0. The van der Waals surface area contributed by atoms with Crippen LogP contribution in [0.4, 0.5) is 0 Å². The first kappa shape index (κ1) is 14.7. The number of nitrogens with zero attached hydrogens (tertiary/aromatic N) is 4. The summed E-state index contributed by atoms with van der Waals surface area (Å²) in [5.41, 5.74) is 3.55. The second-order valence-electron chi connectivity index (χ2n) is 4.17. The molecule has 2 aromatic heterocycles. The van der Waals surface area contributed by atoms with E-state index < -0.39 is 0 Å². The zero-order valence-electron chi connectivity index (χ0n) is 11.1. The van der Waals surface area contributed by atoms with Gasteiger partial charge in [-0.3, -0.25) is 9.36 Å². The van der Waals surface area contributed by atoms with Crippen LogP contribution in [0.25, 0.3) is 0 Å². The normalized spacial score (nSPS) is 10.4. The lowest BCUT2D eigenvalue weighted by atomic mass is 10.2. The third-order valence-corrected chi connectivity index (χ3v) is 2.82. The Morgan fingerprint density at radius 3 is 2.72 bits per heavy atom. The van der Waals surface area contributed by atoms with Crippen LogP contribution in [0.1, 0.15) is 23.9 Å². The van der Waals surface area contributed by atoms with Crippen molar-refractivity contribution in [3.63, 3.8) is 0 Å². The van der Waals surface area contributed by atoms with Crippen molar-refractivity contribution in [1.29, 1.82) is 0 Å². The second kappa shape index (κ2) is 6.56. The number of rotatable bonds is 5. The van der Waals surface area contributed by atoms with Crippen LogP contribution in [0.2, 0.25) is 0 Å². The van der Waals surface area contributed by atoms with Crippen molar-refractivity contribution < 1.29 is 0 Å². The van der Waals surface area contributed by atoms with Gasteiger partial charge >= 0.3 is 0 Å². The maximum Gasteiger partial charge on any atom is 0.0762 e. The topological polar surface area (TPSA) is 47.7 Å². The zero-order chi connectivity index (χ0) is 12.3. The highest BCUT2D eigenvalue weighted by atomic mass is 35.5. The molecule has 0 radical (unpaired) electrons.